The molecule has 2 aromatic rings. The molecule has 0 N–H and O–H groups in total. The molecule has 0 bridgehead atoms. The van der Waals surface area contributed by atoms with Crippen molar-refractivity contribution < 1.29 is 27.4 Å². The topological polar surface area (TPSA) is 65.8 Å². The number of rotatable bonds is 6. The first-order valence-corrected chi connectivity index (χ1v) is 11.2. The average Bonchev–Trinajstić information content (AvgIpc) is 2.76. The molecule has 0 aliphatic rings. The summed E-state index contributed by atoms with van der Waals surface area (Å²) in [4.78, 5) is 15.5. The molecule has 0 unspecified atom stereocenters. The van der Waals surface area contributed by atoms with E-state index in [1.807, 2.05) is 13.0 Å². The minimum atomic E-state index is -4.78. The monoisotopic (exact) mass is 501 g/mol. The molecule has 9 heteroatoms. The molecule has 0 radical (unpaired) electrons. The Bertz CT molecular complexity index is 1200. The van der Waals surface area contributed by atoms with Crippen molar-refractivity contribution in [3.8, 4) is 34.9 Å². The van der Waals surface area contributed by atoms with Crippen molar-refractivity contribution in [2.75, 3.05) is 25.5 Å². The van der Waals surface area contributed by atoms with E-state index in [0.29, 0.717) is 28.8 Å². The number of benzene rings is 2. The molecule has 0 aliphatic carbocycles. The van der Waals surface area contributed by atoms with Crippen LogP contribution in [0.25, 0.3) is 11.1 Å². The van der Waals surface area contributed by atoms with Crippen LogP contribution in [0.1, 0.15) is 44.4 Å². The summed E-state index contributed by atoms with van der Waals surface area (Å²) < 4.78 is 47.1. The predicted molar refractivity (Wildman–Crippen MR) is 132 cm³/mol. The summed E-state index contributed by atoms with van der Waals surface area (Å²) >= 11 is 0. The summed E-state index contributed by atoms with van der Waals surface area (Å²) in [6.45, 7) is 9.13. The Morgan fingerprint density at radius 2 is 1.72 bits per heavy atom. The van der Waals surface area contributed by atoms with E-state index in [1.54, 1.807) is 46.7 Å². The third-order valence-corrected chi connectivity index (χ3v) is 5.18. The Morgan fingerprint density at radius 3 is 2.22 bits per heavy atom. The van der Waals surface area contributed by atoms with E-state index in [2.05, 4.69) is 22.8 Å². The third kappa shape index (κ3) is 7.58. The zero-order valence-corrected chi connectivity index (χ0v) is 21.5. The molecule has 0 heterocycles. The lowest BCUT2D eigenvalue weighted by Gasteiger charge is -2.25. The fourth-order valence-corrected chi connectivity index (χ4v) is 3.64. The van der Waals surface area contributed by atoms with Crippen LogP contribution in [-0.2, 0) is 11.2 Å². The second-order valence-electron chi connectivity index (χ2n) is 9.19. The molecule has 0 spiro atoms. The van der Waals surface area contributed by atoms with Crippen LogP contribution in [0.4, 0.5) is 23.7 Å². The number of carbonyl (C=O) groups is 1. The number of nitrogens with zero attached hydrogens (tertiary/aromatic N) is 3. The van der Waals surface area contributed by atoms with Gasteiger partial charge in [-0.1, -0.05) is 18.1 Å². The molecule has 0 aliphatic heterocycles. The van der Waals surface area contributed by atoms with Gasteiger partial charge in [0.2, 0.25) is 0 Å². The zero-order chi connectivity index (χ0) is 27.3. The number of alkyl halides is 3. The van der Waals surface area contributed by atoms with Crippen LogP contribution >= 0.6 is 0 Å². The SMILES string of the molecule is CC#CN(C)c1c(C)c(-c2ccc(OC(F)(F)F)cc2)cc(CCN(C)C(=O)OC(C)(C)C)c1C#N. The molecule has 0 saturated heterocycles. The number of likely N-dealkylation sites (N-methyl/N-ethyl adjacent to an activating group) is 1. The van der Waals surface area contributed by atoms with Gasteiger partial charge in [-0.05, 0) is 81.5 Å². The first kappa shape index (κ1) is 28.4. The summed E-state index contributed by atoms with van der Waals surface area (Å²) in [7, 11) is 3.35. The lowest BCUT2D eigenvalue weighted by atomic mass is 9.91. The number of ether oxygens (including phenoxy) is 2. The van der Waals surface area contributed by atoms with E-state index in [1.165, 1.54) is 29.2 Å². The number of hydrogen-bond acceptors (Lipinski definition) is 5. The van der Waals surface area contributed by atoms with Gasteiger partial charge in [-0.25, -0.2) is 4.79 Å². The number of nitriles is 1. The smallest absolute Gasteiger partial charge is 0.444 e. The third-order valence-electron chi connectivity index (χ3n) is 5.18. The summed E-state index contributed by atoms with van der Waals surface area (Å²) in [5.41, 5.74) is 3.15. The van der Waals surface area contributed by atoms with Gasteiger partial charge in [0.25, 0.3) is 0 Å². The molecule has 1 amide bonds. The Kier molecular flexibility index (Phi) is 8.88. The van der Waals surface area contributed by atoms with Gasteiger partial charge in [-0.15, -0.1) is 13.2 Å². The second-order valence-corrected chi connectivity index (χ2v) is 9.19. The van der Waals surface area contributed by atoms with Crippen LogP contribution in [0.3, 0.4) is 0 Å². The Balaban J connectivity index is 2.53. The van der Waals surface area contributed by atoms with Gasteiger partial charge in [0.05, 0.1) is 11.3 Å². The van der Waals surface area contributed by atoms with Crippen LogP contribution in [0.5, 0.6) is 5.75 Å². The molecular formula is C27H30F3N3O3. The summed E-state index contributed by atoms with van der Waals surface area (Å²) in [6, 6.07) is 12.6. The largest absolute Gasteiger partial charge is 0.573 e. The number of anilines is 1. The van der Waals surface area contributed by atoms with Crippen molar-refractivity contribution in [1.82, 2.24) is 4.90 Å². The van der Waals surface area contributed by atoms with E-state index in [9.17, 15) is 23.2 Å². The maximum absolute atomic E-state index is 12.6. The van der Waals surface area contributed by atoms with Crippen molar-refractivity contribution in [1.29, 1.82) is 5.26 Å². The fourth-order valence-electron chi connectivity index (χ4n) is 3.64. The highest BCUT2D eigenvalue weighted by molar-refractivity contribution is 5.81. The van der Waals surface area contributed by atoms with Crippen LogP contribution in [0, 0.1) is 30.2 Å². The fraction of sp³-hybridized carbons (Fsp3) is 0.407. The summed E-state index contributed by atoms with van der Waals surface area (Å²) in [5.74, 6) is 2.49. The summed E-state index contributed by atoms with van der Waals surface area (Å²) in [5, 5.41) is 10.0. The molecule has 192 valence electrons. The highest BCUT2D eigenvalue weighted by Gasteiger charge is 2.31. The number of carbonyl (C=O) groups excluding carboxylic acids is 1. The molecule has 2 rings (SSSR count). The molecular weight excluding hydrogens is 471 g/mol. The number of hydrogen-bond donors (Lipinski definition) is 0. The van der Waals surface area contributed by atoms with Gasteiger partial charge >= 0.3 is 12.5 Å². The molecule has 0 saturated carbocycles. The van der Waals surface area contributed by atoms with Gasteiger partial charge in [-0.2, -0.15) is 5.26 Å². The lowest BCUT2D eigenvalue weighted by Crippen LogP contribution is -2.35. The van der Waals surface area contributed by atoms with E-state index >= 15 is 0 Å². The standard InChI is InChI=1S/C27H30F3N3O3/c1-8-14-32(6)24-18(2)22(19-9-11-21(12-10-19)35-27(28,29)30)16-20(23(24)17-31)13-15-33(7)25(34)36-26(3,4)5/h9-12,16H,13,15H2,1-7H3. The number of halogens is 3. The molecule has 6 nitrogen and oxygen atoms in total. The highest BCUT2D eigenvalue weighted by Crippen LogP contribution is 2.37. The van der Waals surface area contributed by atoms with Crippen molar-refractivity contribution >= 4 is 11.8 Å². The minimum Gasteiger partial charge on any atom is -0.444 e. The molecule has 0 aromatic heterocycles. The minimum absolute atomic E-state index is 0.285. The van der Waals surface area contributed by atoms with Gasteiger partial charge in [0, 0.05) is 26.7 Å². The van der Waals surface area contributed by atoms with Crippen molar-refractivity contribution in [2.45, 2.75) is 53.0 Å². The van der Waals surface area contributed by atoms with Crippen LogP contribution in [0.2, 0.25) is 0 Å². The number of amides is 1. The lowest BCUT2D eigenvalue weighted by molar-refractivity contribution is -0.274. The molecule has 36 heavy (non-hydrogen) atoms. The zero-order valence-electron chi connectivity index (χ0n) is 21.5. The Hall–Kier alpha value is -3.85. The van der Waals surface area contributed by atoms with Crippen molar-refractivity contribution in [2.24, 2.45) is 0 Å². The Labute approximate surface area is 210 Å². The van der Waals surface area contributed by atoms with Crippen molar-refractivity contribution in [3.05, 3.63) is 47.0 Å². The van der Waals surface area contributed by atoms with Crippen LogP contribution in [-0.4, -0.2) is 43.6 Å². The second kappa shape index (κ2) is 11.3. The molecule has 2 aromatic carbocycles. The highest BCUT2D eigenvalue weighted by atomic mass is 19.4. The van der Waals surface area contributed by atoms with Gasteiger partial charge in [0.1, 0.15) is 17.4 Å². The first-order valence-electron chi connectivity index (χ1n) is 11.2. The quantitative estimate of drug-likeness (QED) is 0.345. The van der Waals surface area contributed by atoms with E-state index < -0.39 is 18.1 Å². The van der Waals surface area contributed by atoms with Crippen LogP contribution < -0.4 is 9.64 Å². The van der Waals surface area contributed by atoms with E-state index in [-0.39, 0.29) is 12.3 Å². The van der Waals surface area contributed by atoms with Gasteiger partial charge in [0.15, 0.2) is 0 Å². The molecule has 0 fully saturated rings. The van der Waals surface area contributed by atoms with Gasteiger partial charge in [-0.3, -0.25) is 0 Å². The van der Waals surface area contributed by atoms with Crippen LogP contribution in [0.15, 0.2) is 30.3 Å². The average molecular weight is 502 g/mol. The van der Waals surface area contributed by atoms with E-state index in [0.717, 1.165) is 11.1 Å². The van der Waals surface area contributed by atoms with E-state index in [4.69, 9.17) is 4.74 Å². The summed E-state index contributed by atoms with van der Waals surface area (Å²) in [6.07, 6.45) is -4.92. The Morgan fingerprint density at radius 1 is 1.11 bits per heavy atom. The van der Waals surface area contributed by atoms with Gasteiger partial charge < -0.3 is 19.3 Å². The maximum atomic E-state index is 12.6. The maximum Gasteiger partial charge on any atom is 0.573 e. The molecule has 0 atom stereocenters. The first-order chi connectivity index (χ1) is 16.7. The van der Waals surface area contributed by atoms with Crippen molar-refractivity contribution in [3.63, 3.8) is 0 Å². The normalized spacial score (nSPS) is 11.1. The predicted octanol–water partition coefficient (Wildman–Crippen LogP) is 6.26.